The Kier molecular flexibility index (Phi) is 4.48. The van der Waals surface area contributed by atoms with Gasteiger partial charge in [0.1, 0.15) is 5.60 Å². The number of likely N-dealkylation sites (N-methyl/N-ethyl adjacent to an activating group) is 1. The Bertz CT molecular complexity index is 185. The average molecular weight is 186 g/mol. The minimum absolute atomic E-state index is 0.447. The molecule has 0 rings (SSSR count). The Hall–Kier alpha value is -1.03. The van der Waals surface area contributed by atoms with Gasteiger partial charge in [0.05, 0.1) is 0 Å². The lowest BCUT2D eigenvalue weighted by Crippen LogP contribution is -2.42. The van der Waals surface area contributed by atoms with E-state index in [0.29, 0.717) is 6.54 Å². The highest BCUT2D eigenvalue weighted by molar-refractivity contribution is 5.66. The van der Waals surface area contributed by atoms with E-state index in [0.717, 1.165) is 0 Å². The number of rotatable bonds is 3. The van der Waals surface area contributed by atoms with Crippen molar-refractivity contribution in [1.82, 2.24) is 10.4 Å². The monoisotopic (exact) mass is 186 g/mol. The van der Waals surface area contributed by atoms with Gasteiger partial charge in [0, 0.05) is 13.6 Å². The second-order valence-electron chi connectivity index (χ2n) is 3.78. The molecule has 0 aromatic heterocycles. The van der Waals surface area contributed by atoms with Crippen LogP contribution in [0.4, 0.5) is 4.79 Å². The van der Waals surface area contributed by atoms with Gasteiger partial charge in [0.2, 0.25) is 0 Å². The summed E-state index contributed by atoms with van der Waals surface area (Å²) in [6.45, 7) is 9.59. The molecular weight excluding hydrogens is 168 g/mol. The van der Waals surface area contributed by atoms with Crippen LogP contribution in [0.5, 0.6) is 0 Å². The fourth-order valence-electron chi connectivity index (χ4n) is 0.696. The fourth-order valence-corrected chi connectivity index (χ4v) is 0.696. The first-order valence-corrected chi connectivity index (χ1v) is 4.17. The lowest BCUT2D eigenvalue weighted by atomic mass is 10.2. The van der Waals surface area contributed by atoms with Gasteiger partial charge < -0.3 is 4.74 Å². The molecule has 13 heavy (non-hydrogen) atoms. The van der Waals surface area contributed by atoms with Gasteiger partial charge in [-0.15, -0.1) is 6.58 Å². The summed E-state index contributed by atoms with van der Waals surface area (Å²) in [5.74, 6) is 0. The standard InChI is InChI=1S/C9H18N2O2/c1-6-7-11(5)10-8(12)13-9(2,3)4/h6H,1,7H2,2-5H3,(H,10,12). The van der Waals surface area contributed by atoms with Crippen molar-refractivity contribution < 1.29 is 9.53 Å². The van der Waals surface area contributed by atoms with E-state index in [-0.39, 0.29) is 0 Å². The highest BCUT2D eigenvalue weighted by Gasteiger charge is 2.16. The highest BCUT2D eigenvalue weighted by Crippen LogP contribution is 2.06. The molecule has 4 nitrogen and oxygen atoms in total. The molecule has 1 N–H and O–H groups in total. The molecule has 0 radical (unpaired) electrons. The molecule has 0 spiro atoms. The molecule has 76 valence electrons. The molecule has 0 saturated carbocycles. The van der Waals surface area contributed by atoms with Gasteiger partial charge in [-0.1, -0.05) is 6.08 Å². The second-order valence-corrected chi connectivity index (χ2v) is 3.78. The summed E-state index contributed by atoms with van der Waals surface area (Å²) in [7, 11) is 1.74. The summed E-state index contributed by atoms with van der Waals surface area (Å²) in [4.78, 5) is 11.1. The van der Waals surface area contributed by atoms with E-state index in [2.05, 4.69) is 12.0 Å². The molecular formula is C9H18N2O2. The normalized spacial score (nSPS) is 11.2. The van der Waals surface area contributed by atoms with Crippen LogP contribution in [-0.2, 0) is 4.74 Å². The predicted octanol–water partition coefficient (Wildman–Crippen LogP) is 1.54. The quantitative estimate of drug-likeness (QED) is 0.537. The molecule has 0 aromatic carbocycles. The summed E-state index contributed by atoms with van der Waals surface area (Å²) in [5, 5.41) is 1.60. The van der Waals surface area contributed by atoms with Crippen LogP contribution in [0.1, 0.15) is 20.8 Å². The van der Waals surface area contributed by atoms with Crippen LogP contribution in [0.25, 0.3) is 0 Å². The zero-order chi connectivity index (χ0) is 10.5. The molecule has 0 saturated heterocycles. The Morgan fingerprint density at radius 1 is 1.62 bits per heavy atom. The van der Waals surface area contributed by atoms with Crippen LogP contribution in [0, 0.1) is 0 Å². The molecule has 1 amide bonds. The van der Waals surface area contributed by atoms with Crippen molar-refractivity contribution >= 4 is 6.09 Å². The van der Waals surface area contributed by atoms with E-state index in [1.54, 1.807) is 18.1 Å². The topological polar surface area (TPSA) is 41.6 Å². The molecule has 0 heterocycles. The van der Waals surface area contributed by atoms with Crippen LogP contribution in [0.15, 0.2) is 12.7 Å². The van der Waals surface area contributed by atoms with E-state index in [1.807, 2.05) is 20.8 Å². The largest absolute Gasteiger partial charge is 0.443 e. The number of ether oxygens (including phenoxy) is 1. The second kappa shape index (κ2) is 4.87. The van der Waals surface area contributed by atoms with Gasteiger partial charge in [-0.25, -0.2) is 9.80 Å². The Morgan fingerprint density at radius 3 is 2.54 bits per heavy atom. The highest BCUT2D eigenvalue weighted by atomic mass is 16.6. The van der Waals surface area contributed by atoms with Crippen molar-refractivity contribution in [3.63, 3.8) is 0 Å². The third kappa shape index (κ3) is 7.33. The van der Waals surface area contributed by atoms with Crippen LogP contribution in [-0.4, -0.2) is 30.3 Å². The van der Waals surface area contributed by atoms with Gasteiger partial charge in [-0.3, -0.25) is 5.43 Å². The molecule has 0 atom stereocenters. The molecule has 0 unspecified atom stereocenters. The fraction of sp³-hybridized carbons (Fsp3) is 0.667. The number of hydrogen-bond donors (Lipinski definition) is 1. The predicted molar refractivity (Wildman–Crippen MR) is 52.2 cm³/mol. The van der Waals surface area contributed by atoms with Gasteiger partial charge in [-0.2, -0.15) is 0 Å². The van der Waals surface area contributed by atoms with E-state index in [1.165, 1.54) is 0 Å². The van der Waals surface area contributed by atoms with E-state index >= 15 is 0 Å². The van der Waals surface area contributed by atoms with Crippen molar-refractivity contribution in [1.29, 1.82) is 0 Å². The minimum Gasteiger partial charge on any atom is -0.443 e. The maximum absolute atomic E-state index is 11.1. The average Bonchev–Trinajstić information content (AvgIpc) is 1.81. The van der Waals surface area contributed by atoms with E-state index in [9.17, 15) is 4.79 Å². The smallest absolute Gasteiger partial charge is 0.422 e. The first kappa shape index (κ1) is 12.0. The zero-order valence-electron chi connectivity index (χ0n) is 8.76. The molecule has 0 aliphatic carbocycles. The van der Waals surface area contributed by atoms with E-state index in [4.69, 9.17) is 4.74 Å². The van der Waals surface area contributed by atoms with Crippen LogP contribution < -0.4 is 5.43 Å². The lowest BCUT2D eigenvalue weighted by Gasteiger charge is -2.22. The summed E-state index contributed by atoms with van der Waals surface area (Å²) >= 11 is 0. The number of carbonyl (C=O) groups is 1. The maximum Gasteiger partial charge on any atom is 0.422 e. The van der Waals surface area contributed by atoms with Crippen molar-refractivity contribution in [3.8, 4) is 0 Å². The van der Waals surface area contributed by atoms with Gasteiger partial charge in [-0.05, 0) is 20.8 Å². The van der Waals surface area contributed by atoms with Crippen molar-refractivity contribution in [2.24, 2.45) is 0 Å². The first-order valence-electron chi connectivity index (χ1n) is 4.17. The van der Waals surface area contributed by atoms with Crippen LogP contribution in [0.2, 0.25) is 0 Å². The SMILES string of the molecule is C=CCN(C)NC(=O)OC(C)(C)C. The Labute approximate surface area is 79.5 Å². The Balaban J connectivity index is 3.81. The molecule has 0 bridgehead atoms. The first-order chi connectivity index (χ1) is 5.85. The number of carbonyl (C=O) groups excluding carboxylic acids is 1. The summed E-state index contributed by atoms with van der Waals surface area (Å²) in [5.41, 5.74) is 2.08. The Morgan fingerprint density at radius 2 is 2.15 bits per heavy atom. The molecule has 0 fully saturated rings. The molecule has 4 heteroatoms. The summed E-state index contributed by atoms with van der Waals surface area (Å²) < 4.78 is 5.03. The molecule has 0 aliphatic heterocycles. The van der Waals surface area contributed by atoms with Crippen molar-refractivity contribution in [2.45, 2.75) is 26.4 Å². The number of nitrogens with zero attached hydrogens (tertiary/aromatic N) is 1. The van der Waals surface area contributed by atoms with Crippen molar-refractivity contribution in [2.75, 3.05) is 13.6 Å². The minimum atomic E-state index is -0.459. The summed E-state index contributed by atoms with van der Waals surface area (Å²) in [6.07, 6.45) is 1.24. The third-order valence-corrected chi connectivity index (χ3v) is 1.08. The number of hydrogen-bond acceptors (Lipinski definition) is 3. The lowest BCUT2D eigenvalue weighted by molar-refractivity contribution is 0.0383. The summed E-state index contributed by atoms with van der Waals surface area (Å²) in [6, 6.07) is 0. The maximum atomic E-state index is 11.1. The number of hydrazine groups is 1. The van der Waals surface area contributed by atoms with Crippen LogP contribution >= 0.6 is 0 Å². The number of nitrogens with one attached hydrogen (secondary N) is 1. The van der Waals surface area contributed by atoms with E-state index < -0.39 is 11.7 Å². The molecule has 0 aromatic rings. The van der Waals surface area contributed by atoms with Gasteiger partial charge >= 0.3 is 6.09 Å². The molecule has 0 aliphatic rings. The third-order valence-electron chi connectivity index (χ3n) is 1.08. The van der Waals surface area contributed by atoms with Gasteiger partial charge in [0.25, 0.3) is 0 Å². The van der Waals surface area contributed by atoms with Gasteiger partial charge in [0.15, 0.2) is 0 Å². The van der Waals surface area contributed by atoms with Crippen molar-refractivity contribution in [3.05, 3.63) is 12.7 Å². The number of amides is 1. The van der Waals surface area contributed by atoms with Crippen LogP contribution in [0.3, 0.4) is 0 Å². The zero-order valence-corrected chi connectivity index (χ0v) is 8.76.